The topological polar surface area (TPSA) is 39.2 Å². The van der Waals surface area contributed by atoms with Gasteiger partial charge in [0, 0.05) is 18.0 Å². The van der Waals surface area contributed by atoms with E-state index >= 15 is 0 Å². The molecule has 1 aliphatic rings. The smallest absolute Gasteiger partial charge is 0.343 e. The van der Waals surface area contributed by atoms with E-state index in [4.69, 9.17) is 4.74 Å². The van der Waals surface area contributed by atoms with E-state index in [1.807, 2.05) is 36.4 Å². The Morgan fingerprint density at radius 1 is 1.19 bits per heavy atom. The zero-order valence-electron chi connectivity index (χ0n) is 11.7. The number of nitrogens with zero attached hydrogens (tertiary/aromatic N) is 1. The third kappa shape index (κ3) is 2.92. The van der Waals surface area contributed by atoms with Gasteiger partial charge in [0.2, 0.25) is 0 Å². The highest BCUT2D eigenvalue weighted by molar-refractivity contribution is 6.05. The summed E-state index contributed by atoms with van der Waals surface area (Å²) < 4.78 is 5.34. The number of benzene rings is 1. The van der Waals surface area contributed by atoms with Crippen molar-refractivity contribution in [2.24, 2.45) is 0 Å². The summed E-state index contributed by atoms with van der Waals surface area (Å²) >= 11 is 0. The molecular weight excluding hydrogens is 262 g/mol. The molecule has 0 saturated carbocycles. The normalized spacial score (nSPS) is 16.0. The molecule has 0 bridgehead atoms. The van der Waals surface area contributed by atoms with Gasteiger partial charge in [-0.25, -0.2) is 4.79 Å². The zero-order chi connectivity index (χ0) is 14.7. The Balaban J connectivity index is 1.89. The number of ether oxygens (including phenoxy) is 1. The van der Waals surface area contributed by atoms with Gasteiger partial charge in [-0.1, -0.05) is 37.3 Å². The molecule has 0 fully saturated rings. The Hall–Kier alpha value is -2.68. The molecule has 1 aromatic carbocycles. The fraction of sp³-hybridized carbons (Fsp3) is 0.111. The summed E-state index contributed by atoms with van der Waals surface area (Å²) in [6.07, 6.45) is 7.96. The van der Waals surface area contributed by atoms with Crippen molar-refractivity contribution in [1.29, 1.82) is 0 Å². The number of aromatic nitrogens is 1. The molecule has 0 atom stereocenters. The van der Waals surface area contributed by atoms with Crippen LogP contribution in [0, 0.1) is 0 Å². The molecule has 3 nitrogen and oxygen atoms in total. The fourth-order valence-corrected chi connectivity index (χ4v) is 2.18. The Morgan fingerprint density at radius 2 is 2.00 bits per heavy atom. The molecular formula is C18H15NO2. The van der Waals surface area contributed by atoms with Crippen LogP contribution >= 0.6 is 0 Å². The van der Waals surface area contributed by atoms with Gasteiger partial charge in [-0.2, -0.15) is 0 Å². The predicted molar refractivity (Wildman–Crippen MR) is 82.1 cm³/mol. The van der Waals surface area contributed by atoms with Gasteiger partial charge in [-0.3, -0.25) is 4.98 Å². The summed E-state index contributed by atoms with van der Waals surface area (Å²) in [5, 5.41) is 0. The molecule has 104 valence electrons. The Kier molecular flexibility index (Phi) is 3.65. The maximum atomic E-state index is 11.9. The minimum absolute atomic E-state index is 0.326. The minimum Gasteiger partial charge on any atom is -0.422 e. The summed E-state index contributed by atoms with van der Waals surface area (Å²) in [6, 6.07) is 11.8. The lowest BCUT2D eigenvalue weighted by molar-refractivity contribution is -0.130. The van der Waals surface area contributed by atoms with E-state index in [1.165, 1.54) is 5.56 Å². The van der Waals surface area contributed by atoms with Crippen molar-refractivity contribution in [3.8, 4) is 0 Å². The van der Waals surface area contributed by atoms with Crippen molar-refractivity contribution in [1.82, 2.24) is 4.98 Å². The first-order valence-corrected chi connectivity index (χ1v) is 6.91. The van der Waals surface area contributed by atoms with Crippen LogP contribution in [-0.2, 0) is 16.0 Å². The highest BCUT2D eigenvalue weighted by atomic mass is 16.5. The summed E-state index contributed by atoms with van der Waals surface area (Å²) in [6.45, 7) is 2.11. The van der Waals surface area contributed by atoms with E-state index in [2.05, 4.69) is 11.9 Å². The maximum Gasteiger partial charge on any atom is 0.343 e. The van der Waals surface area contributed by atoms with Gasteiger partial charge in [0.15, 0.2) is 0 Å². The highest BCUT2D eigenvalue weighted by Crippen LogP contribution is 2.27. The number of carbonyl (C=O) groups excluding carboxylic acids is 1. The molecule has 0 radical (unpaired) electrons. The molecule has 3 rings (SSSR count). The Labute approximate surface area is 123 Å². The lowest BCUT2D eigenvalue weighted by Crippen LogP contribution is -1.97. The molecule has 0 unspecified atom stereocenters. The Bertz CT molecular complexity index is 713. The first-order chi connectivity index (χ1) is 10.3. The SMILES string of the molecule is CCc1ccc(C2=C/C(=C\c3cccnc3)C(=O)O2)cc1. The number of cyclic esters (lactones) is 1. The second kappa shape index (κ2) is 5.75. The summed E-state index contributed by atoms with van der Waals surface area (Å²) in [5.41, 5.74) is 3.59. The van der Waals surface area contributed by atoms with Crippen molar-refractivity contribution in [3.05, 3.63) is 77.1 Å². The van der Waals surface area contributed by atoms with Gasteiger partial charge >= 0.3 is 5.97 Å². The van der Waals surface area contributed by atoms with E-state index in [-0.39, 0.29) is 5.97 Å². The van der Waals surface area contributed by atoms with Crippen molar-refractivity contribution >= 4 is 17.8 Å². The van der Waals surface area contributed by atoms with Crippen LogP contribution in [0.15, 0.2) is 60.4 Å². The zero-order valence-corrected chi connectivity index (χ0v) is 11.7. The second-order valence-electron chi connectivity index (χ2n) is 4.83. The van der Waals surface area contributed by atoms with Crippen molar-refractivity contribution in [3.63, 3.8) is 0 Å². The molecule has 1 aliphatic heterocycles. The molecule has 0 amide bonds. The first-order valence-electron chi connectivity index (χ1n) is 6.91. The molecule has 0 spiro atoms. The standard InChI is InChI=1S/C18H15NO2/c1-2-13-5-7-15(8-6-13)17-11-16(18(20)21-17)10-14-4-3-9-19-12-14/h3-12H,2H2,1H3/b16-10+. The third-order valence-corrected chi connectivity index (χ3v) is 3.38. The van der Waals surface area contributed by atoms with Gasteiger partial charge in [0.1, 0.15) is 5.76 Å². The lowest BCUT2D eigenvalue weighted by atomic mass is 10.1. The van der Waals surface area contributed by atoms with Crippen LogP contribution in [0.3, 0.4) is 0 Å². The lowest BCUT2D eigenvalue weighted by Gasteiger charge is -2.02. The van der Waals surface area contributed by atoms with Gasteiger partial charge in [0.25, 0.3) is 0 Å². The van der Waals surface area contributed by atoms with Gasteiger partial charge in [-0.15, -0.1) is 0 Å². The van der Waals surface area contributed by atoms with E-state index in [9.17, 15) is 4.79 Å². The van der Waals surface area contributed by atoms with Gasteiger partial charge in [0.05, 0.1) is 5.57 Å². The van der Waals surface area contributed by atoms with Crippen LogP contribution in [0.4, 0.5) is 0 Å². The number of rotatable bonds is 3. The molecule has 0 aliphatic carbocycles. The number of carbonyl (C=O) groups is 1. The monoisotopic (exact) mass is 277 g/mol. The van der Waals surface area contributed by atoms with Crippen molar-refractivity contribution in [2.75, 3.05) is 0 Å². The number of pyridine rings is 1. The minimum atomic E-state index is -0.326. The maximum absolute atomic E-state index is 11.9. The molecule has 21 heavy (non-hydrogen) atoms. The first kappa shape index (κ1) is 13.3. The molecule has 3 heteroatoms. The number of hydrogen-bond donors (Lipinski definition) is 0. The van der Waals surface area contributed by atoms with Crippen molar-refractivity contribution < 1.29 is 9.53 Å². The third-order valence-electron chi connectivity index (χ3n) is 3.38. The molecule has 0 N–H and O–H groups in total. The van der Waals surface area contributed by atoms with E-state index in [0.717, 1.165) is 17.5 Å². The largest absolute Gasteiger partial charge is 0.422 e. The number of aryl methyl sites for hydroxylation is 1. The second-order valence-corrected chi connectivity index (χ2v) is 4.83. The van der Waals surface area contributed by atoms with Crippen LogP contribution in [0.2, 0.25) is 0 Å². The van der Waals surface area contributed by atoms with Crippen LogP contribution in [0.25, 0.3) is 11.8 Å². The van der Waals surface area contributed by atoms with Crippen LogP contribution < -0.4 is 0 Å². The average Bonchev–Trinajstić information content (AvgIpc) is 2.89. The summed E-state index contributed by atoms with van der Waals surface area (Å²) in [5.74, 6) is 0.270. The predicted octanol–water partition coefficient (Wildman–Crippen LogP) is 3.63. The van der Waals surface area contributed by atoms with E-state index in [0.29, 0.717) is 11.3 Å². The quantitative estimate of drug-likeness (QED) is 0.635. The van der Waals surface area contributed by atoms with Crippen LogP contribution in [0.1, 0.15) is 23.6 Å². The van der Waals surface area contributed by atoms with Gasteiger partial charge in [-0.05, 0) is 35.8 Å². The number of hydrogen-bond acceptors (Lipinski definition) is 3. The summed E-state index contributed by atoms with van der Waals surface area (Å²) in [7, 11) is 0. The van der Waals surface area contributed by atoms with Crippen LogP contribution in [0.5, 0.6) is 0 Å². The highest BCUT2D eigenvalue weighted by Gasteiger charge is 2.21. The molecule has 2 heterocycles. The van der Waals surface area contributed by atoms with E-state index in [1.54, 1.807) is 24.5 Å². The average molecular weight is 277 g/mol. The fourth-order valence-electron chi connectivity index (χ4n) is 2.18. The van der Waals surface area contributed by atoms with Gasteiger partial charge < -0.3 is 4.74 Å². The molecule has 2 aromatic rings. The van der Waals surface area contributed by atoms with Crippen molar-refractivity contribution in [2.45, 2.75) is 13.3 Å². The molecule has 1 aromatic heterocycles. The Morgan fingerprint density at radius 3 is 2.67 bits per heavy atom. The van der Waals surface area contributed by atoms with Crippen LogP contribution in [-0.4, -0.2) is 11.0 Å². The molecule has 0 saturated heterocycles. The van der Waals surface area contributed by atoms with E-state index < -0.39 is 0 Å². The summed E-state index contributed by atoms with van der Waals surface area (Å²) in [4.78, 5) is 16.0. The number of esters is 1.